The number of benzene rings is 1. The Labute approximate surface area is 128 Å². The van der Waals surface area contributed by atoms with E-state index in [4.69, 9.17) is 4.74 Å². The van der Waals surface area contributed by atoms with Crippen molar-refractivity contribution >= 4 is 11.8 Å². The molecule has 1 aromatic heterocycles. The van der Waals surface area contributed by atoms with Crippen molar-refractivity contribution in [3.8, 4) is 0 Å². The van der Waals surface area contributed by atoms with Gasteiger partial charge in [-0.1, -0.05) is 30.3 Å². The third kappa shape index (κ3) is 2.14. The van der Waals surface area contributed by atoms with Gasteiger partial charge in [-0.25, -0.2) is 4.79 Å². The van der Waals surface area contributed by atoms with Crippen molar-refractivity contribution in [1.82, 2.24) is 4.57 Å². The number of fused-ring (bicyclic) bond motifs is 1. The van der Waals surface area contributed by atoms with Gasteiger partial charge in [0.05, 0.1) is 18.0 Å². The van der Waals surface area contributed by atoms with Crippen LogP contribution in [0.15, 0.2) is 42.5 Å². The van der Waals surface area contributed by atoms with Gasteiger partial charge in [0.1, 0.15) is 0 Å². The molecule has 2 aromatic rings. The maximum Gasteiger partial charge on any atom is 0.344 e. The summed E-state index contributed by atoms with van der Waals surface area (Å²) >= 11 is 0. The molecule has 0 bridgehead atoms. The van der Waals surface area contributed by atoms with Crippen LogP contribution in [0.1, 0.15) is 35.1 Å². The molecule has 0 spiro atoms. The summed E-state index contributed by atoms with van der Waals surface area (Å²) in [5.74, 6) is -0.787. The van der Waals surface area contributed by atoms with Crippen LogP contribution in [0.2, 0.25) is 0 Å². The number of aromatic nitrogens is 1. The van der Waals surface area contributed by atoms with Gasteiger partial charge in [0.2, 0.25) is 11.4 Å². The molecule has 3 rings (SSSR count). The van der Waals surface area contributed by atoms with Crippen molar-refractivity contribution in [2.24, 2.45) is 0 Å². The predicted molar refractivity (Wildman–Crippen MR) is 79.5 cm³/mol. The molecule has 5 heteroatoms. The van der Waals surface area contributed by atoms with Crippen LogP contribution in [0.5, 0.6) is 0 Å². The summed E-state index contributed by atoms with van der Waals surface area (Å²) in [4.78, 5) is 24.6. The smallest absolute Gasteiger partial charge is 0.344 e. The topological polar surface area (TPSA) is 68.5 Å². The summed E-state index contributed by atoms with van der Waals surface area (Å²) in [7, 11) is 0. The van der Waals surface area contributed by atoms with Crippen LogP contribution < -0.4 is 0 Å². The molecular weight excluding hydrogens is 282 g/mol. The first-order valence-electron chi connectivity index (χ1n) is 7.27. The molecular formula is C17H17NO4. The minimum absolute atomic E-state index is 0.125. The zero-order valence-electron chi connectivity index (χ0n) is 12.3. The molecule has 1 aliphatic heterocycles. The fourth-order valence-electron chi connectivity index (χ4n) is 2.86. The first-order chi connectivity index (χ1) is 10.6. The van der Waals surface area contributed by atoms with Crippen molar-refractivity contribution < 1.29 is 19.4 Å². The number of hydrogen-bond acceptors (Lipinski definition) is 4. The van der Waals surface area contributed by atoms with E-state index in [0.29, 0.717) is 23.5 Å². The molecule has 1 unspecified atom stereocenters. The summed E-state index contributed by atoms with van der Waals surface area (Å²) in [6, 6.07) is 12.2. The van der Waals surface area contributed by atoms with E-state index in [1.165, 1.54) is 0 Å². The zero-order valence-corrected chi connectivity index (χ0v) is 12.3. The lowest BCUT2D eigenvalue weighted by Gasteiger charge is -2.19. The lowest BCUT2D eigenvalue weighted by molar-refractivity contribution is -0.166. The Kier molecular flexibility index (Phi) is 3.58. The molecule has 1 aliphatic rings. The monoisotopic (exact) mass is 299 g/mol. The van der Waals surface area contributed by atoms with Gasteiger partial charge in [0, 0.05) is 18.5 Å². The molecule has 0 radical (unpaired) electrons. The summed E-state index contributed by atoms with van der Waals surface area (Å²) < 4.78 is 6.65. The summed E-state index contributed by atoms with van der Waals surface area (Å²) in [5, 5.41) is 10.6. The first kappa shape index (κ1) is 14.5. The average molecular weight is 299 g/mol. The SMILES string of the molecule is CCOC(=O)C1(O)CCn2c(C(=O)c3ccccc3)ccc21. The molecule has 0 saturated heterocycles. The highest BCUT2D eigenvalue weighted by molar-refractivity contribution is 6.08. The van der Waals surface area contributed by atoms with Gasteiger partial charge >= 0.3 is 5.97 Å². The van der Waals surface area contributed by atoms with E-state index < -0.39 is 11.6 Å². The Morgan fingerprint density at radius 2 is 1.95 bits per heavy atom. The highest BCUT2D eigenvalue weighted by Crippen LogP contribution is 2.36. The third-order valence-electron chi connectivity index (χ3n) is 3.98. The standard InChI is InChI=1S/C17H17NO4/c1-2-22-16(20)17(21)10-11-18-13(8-9-14(17)18)15(19)12-6-4-3-5-7-12/h3-9,21H,2,10-11H2,1H3. The Balaban J connectivity index is 1.97. The van der Waals surface area contributed by atoms with Crippen molar-refractivity contribution in [3.05, 3.63) is 59.4 Å². The second kappa shape index (κ2) is 5.42. The highest BCUT2D eigenvalue weighted by Gasteiger charge is 2.46. The fourth-order valence-corrected chi connectivity index (χ4v) is 2.86. The predicted octanol–water partition coefficient (Wildman–Crippen LogP) is 1.87. The Morgan fingerprint density at radius 1 is 1.23 bits per heavy atom. The van der Waals surface area contributed by atoms with E-state index in [1.807, 2.05) is 6.07 Å². The van der Waals surface area contributed by atoms with E-state index in [-0.39, 0.29) is 18.8 Å². The summed E-state index contributed by atoms with van der Waals surface area (Å²) in [6.07, 6.45) is 0.219. The molecule has 22 heavy (non-hydrogen) atoms. The Hall–Kier alpha value is -2.40. The number of aliphatic hydroxyl groups is 1. The number of esters is 1. The minimum atomic E-state index is -1.66. The van der Waals surface area contributed by atoms with E-state index >= 15 is 0 Å². The number of nitrogens with zero attached hydrogens (tertiary/aromatic N) is 1. The van der Waals surface area contributed by atoms with E-state index in [2.05, 4.69) is 0 Å². The largest absolute Gasteiger partial charge is 0.464 e. The number of carbonyl (C=O) groups is 2. The van der Waals surface area contributed by atoms with Gasteiger partial charge in [-0.15, -0.1) is 0 Å². The highest BCUT2D eigenvalue weighted by atomic mass is 16.5. The summed E-state index contributed by atoms with van der Waals surface area (Å²) in [6.45, 7) is 2.31. The molecule has 1 aromatic carbocycles. The molecule has 0 fully saturated rings. The lowest BCUT2D eigenvalue weighted by Crippen LogP contribution is -2.35. The van der Waals surface area contributed by atoms with E-state index in [0.717, 1.165) is 0 Å². The van der Waals surface area contributed by atoms with Gasteiger partial charge in [0.15, 0.2) is 0 Å². The fraction of sp³-hybridized carbons (Fsp3) is 0.294. The van der Waals surface area contributed by atoms with E-state index in [1.54, 1.807) is 47.9 Å². The maximum absolute atomic E-state index is 12.6. The van der Waals surface area contributed by atoms with Gasteiger partial charge in [0.25, 0.3) is 0 Å². The molecule has 1 atom stereocenters. The number of ether oxygens (including phenoxy) is 1. The number of ketones is 1. The van der Waals surface area contributed by atoms with E-state index in [9.17, 15) is 14.7 Å². The molecule has 0 aliphatic carbocycles. The van der Waals surface area contributed by atoms with Gasteiger partial charge in [-0.2, -0.15) is 0 Å². The van der Waals surface area contributed by atoms with Crippen LogP contribution in [-0.2, 0) is 21.7 Å². The Morgan fingerprint density at radius 3 is 2.64 bits per heavy atom. The van der Waals surface area contributed by atoms with Gasteiger partial charge in [-0.05, 0) is 19.1 Å². The Bertz CT molecular complexity index is 720. The van der Waals surface area contributed by atoms with Crippen LogP contribution in [0.3, 0.4) is 0 Å². The van der Waals surface area contributed by atoms with Gasteiger partial charge < -0.3 is 14.4 Å². The second-order valence-electron chi connectivity index (χ2n) is 5.28. The number of rotatable bonds is 4. The van der Waals surface area contributed by atoms with Crippen LogP contribution in [0.4, 0.5) is 0 Å². The van der Waals surface area contributed by atoms with Crippen molar-refractivity contribution in [1.29, 1.82) is 0 Å². The van der Waals surface area contributed by atoms with Crippen LogP contribution in [-0.4, -0.2) is 28.0 Å². The zero-order chi connectivity index (χ0) is 15.7. The maximum atomic E-state index is 12.6. The lowest BCUT2D eigenvalue weighted by atomic mass is 9.99. The van der Waals surface area contributed by atoms with Crippen molar-refractivity contribution in [2.45, 2.75) is 25.5 Å². The second-order valence-corrected chi connectivity index (χ2v) is 5.28. The van der Waals surface area contributed by atoms with Crippen LogP contribution in [0.25, 0.3) is 0 Å². The molecule has 2 heterocycles. The molecule has 114 valence electrons. The molecule has 0 saturated carbocycles. The minimum Gasteiger partial charge on any atom is -0.464 e. The number of hydrogen-bond donors (Lipinski definition) is 1. The number of carbonyl (C=O) groups excluding carboxylic acids is 2. The van der Waals surface area contributed by atoms with Gasteiger partial charge in [-0.3, -0.25) is 4.79 Å². The van der Waals surface area contributed by atoms with Crippen LogP contribution in [0, 0.1) is 0 Å². The molecule has 1 N–H and O–H groups in total. The molecule has 5 nitrogen and oxygen atoms in total. The first-order valence-corrected chi connectivity index (χ1v) is 7.27. The quantitative estimate of drug-likeness (QED) is 0.691. The van der Waals surface area contributed by atoms with Crippen molar-refractivity contribution in [2.75, 3.05) is 6.61 Å². The third-order valence-corrected chi connectivity index (χ3v) is 3.98. The molecule has 0 amide bonds. The average Bonchev–Trinajstić information content (AvgIpc) is 3.10. The summed E-state index contributed by atoms with van der Waals surface area (Å²) in [5.41, 5.74) is -0.188. The van der Waals surface area contributed by atoms with Crippen molar-refractivity contribution in [3.63, 3.8) is 0 Å². The normalized spacial score (nSPS) is 19.7. The van der Waals surface area contributed by atoms with Crippen LogP contribution >= 0.6 is 0 Å².